The zero-order valence-corrected chi connectivity index (χ0v) is 16.7. The van der Waals surface area contributed by atoms with Crippen LogP contribution < -0.4 is 14.4 Å². The van der Waals surface area contributed by atoms with Crippen molar-refractivity contribution in [1.29, 1.82) is 0 Å². The second kappa shape index (κ2) is 7.45. The number of rotatable bonds is 3. The topological polar surface area (TPSA) is 98.0 Å². The molecule has 30 heavy (non-hydrogen) atoms. The van der Waals surface area contributed by atoms with E-state index in [0.29, 0.717) is 37.7 Å². The van der Waals surface area contributed by atoms with E-state index in [1.807, 2.05) is 18.2 Å². The fourth-order valence-electron chi connectivity index (χ4n) is 3.61. The number of ether oxygens (including phenoxy) is 2. The van der Waals surface area contributed by atoms with Crippen molar-refractivity contribution in [1.82, 2.24) is 9.88 Å². The molecule has 0 unspecified atom stereocenters. The Morgan fingerprint density at radius 2 is 1.90 bits per heavy atom. The lowest BCUT2D eigenvalue weighted by molar-refractivity contribution is -0.384. The number of non-ortho nitro benzene ring substituents is 1. The van der Waals surface area contributed by atoms with Gasteiger partial charge in [-0.15, -0.1) is 0 Å². The minimum Gasteiger partial charge on any atom is -0.485 e. The van der Waals surface area contributed by atoms with Crippen LogP contribution in [0, 0.1) is 10.1 Å². The molecule has 0 spiro atoms. The van der Waals surface area contributed by atoms with E-state index in [0.717, 1.165) is 15.3 Å². The predicted octanol–water partition coefficient (Wildman–Crippen LogP) is 2.69. The van der Waals surface area contributed by atoms with E-state index in [1.54, 1.807) is 23.1 Å². The number of hydrogen-bond donors (Lipinski definition) is 0. The summed E-state index contributed by atoms with van der Waals surface area (Å²) in [6.07, 6.45) is -0.644. The van der Waals surface area contributed by atoms with E-state index in [1.165, 1.54) is 17.4 Å². The Hall–Kier alpha value is -3.40. The summed E-state index contributed by atoms with van der Waals surface area (Å²) in [6.45, 7) is 2.58. The van der Waals surface area contributed by atoms with E-state index in [9.17, 15) is 14.9 Å². The first-order chi connectivity index (χ1) is 14.6. The van der Waals surface area contributed by atoms with Crippen molar-refractivity contribution in [2.45, 2.75) is 6.10 Å². The third-order valence-electron chi connectivity index (χ3n) is 5.22. The molecule has 9 nitrogen and oxygen atoms in total. The number of aromatic nitrogens is 1. The van der Waals surface area contributed by atoms with E-state index < -0.39 is 11.0 Å². The Bertz CT molecular complexity index is 1130. The summed E-state index contributed by atoms with van der Waals surface area (Å²) < 4.78 is 12.3. The van der Waals surface area contributed by atoms with Crippen LogP contribution in [-0.2, 0) is 4.79 Å². The van der Waals surface area contributed by atoms with Crippen LogP contribution in [0.3, 0.4) is 0 Å². The lowest BCUT2D eigenvalue weighted by Crippen LogP contribution is -2.54. The van der Waals surface area contributed by atoms with Gasteiger partial charge in [-0.2, -0.15) is 0 Å². The number of carbonyl (C=O) groups excluding carboxylic acids is 1. The molecular formula is C20H18N4O5S. The average Bonchev–Trinajstić information content (AvgIpc) is 3.22. The summed E-state index contributed by atoms with van der Waals surface area (Å²) in [5.74, 6) is 1.16. The van der Waals surface area contributed by atoms with Gasteiger partial charge >= 0.3 is 0 Å². The zero-order valence-electron chi connectivity index (χ0n) is 15.9. The lowest BCUT2D eigenvalue weighted by Gasteiger charge is -2.37. The summed E-state index contributed by atoms with van der Waals surface area (Å²) in [4.78, 5) is 31.9. The molecule has 1 atom stereocenters. The van der Waals surface area contributed by atoms with Crippen LogP contribution in [0.15, 0.2) is 42.5 Å². The normalized spacial score (nSPS) is 18.5. The summed E-state index contributed by atoms with van der Waals surface area (Å²) in [7, 11) is 0. The number of anilines is 1. The summed E-state index contributed by atoms with van der Waals surface area (Å²) in [6, 6.07) is 12.0. The lowest BCUT2D eigenvalue weighted by atomic mass is 10.2. The van der Waals surface area contributed by atoms with Gasteiger partial charge in [0.15, 0.2) is 16.6 Å². The van der Waals surface area contributed by atoms with Gasteiger partial charge in [-0.25, -0.2) is 4.98 Å². The SMILES string of the molecule is O=C([C@@H]1COc2ccccc2O1)N1CCN(c2nc3ccc([N+](=O)[O-])cc3s2)CC1. The first-order valence-corrected chi connectivity index (χ1v) is 10.4. The Balaban J connectivity index is 1.24. The molecular weight excluding hydrogens is 408 g/mol. The van der Waals surface area contributed by atoms with Crippen LogP contribution in [-0.4, -0.2) is 59.6 Å². The molecule has 2 aliphatic rings. The number of nitrogens with zero attached hydrogens (tertiary/aromatic N) is 4. The van der Waals surface area contributed by atoms with Gasteiger partial charge in [-0.05, 0) is 18.2 Å². The molecule has 1 fully saturated rings. The minimum atomic E-state index is -0.644. The number of carbonyl (C=O) groups is 1. The summed E-state index contributed by atoms with van der Waals surface area (Å²) in [5.41, 5.74) is 0.801. The molecule has 154 valence electrons. The standard InChI is InChI=1S/C20H18N4O5S/c25-19(17-12-28-15-3-1-2-4-16(15)29-17)22-7-9-23(10-8-22)20-21-14-6-5-13(24(26)27)11-18(14)30-20/h1-6,11,17H,7-10,12H2/t17-/m0/s1. The largest absolute Gasteiger partial charge is 0.485 e. The van der Waals surface area contributed by atoms with Crippen LogP contribution in [0.2, 0.25) is 0 Å². The number of fused-ring (bicyclic) bond motifs is 2. The zero-order chi connectivity index (χ0) is 20.7. The Morgan fingerprint density at radius 3 is 2.67 bits per heavy atom. The van der Waals surface area contributed by atoms with Crippen LogP contribution in [0.25, 0.3) is 10.2 Å². The van der Waals surface area contributed by atoms with E-state index in [-0.39, 0.29) is 18.2 Å². The molecule has 10 heteroatoms. The fourth-order valence-corrected chi connectivity index (χ4v) is 4.66. The van der Waals surface area contributed by atoms with E-state index >= 15 is 0 Å². The van der Waals surface area contributed by atoms with Gasteiger partial charge in [-0.1, -0.05) is 23.5 Å². The van der Waals surface area contributed by atoms with Crippen LogP contribution in [0.1, 0.15) is 0 Å². The first-order valence-electron chi connectivity index (χ1n) is 9.56. The molecule has 0 radical (unpaired) electrons. The highest BCUT2D eigenvalue weighted by Gasteiger charge is 2.33. The summed E-state index contributed by atoms with van der Waals surface area (Å²) in [5, 5.41) is 11.8. The highest BCUT2D eigenvalue weighted by atomic mass is 32.1. The van der Waals surface area contributed by atoms with Crippen molar-refractivity contribution >= 4 is 38.3 Å². The van der Waals surface area contributed by atoms with Crippen molar-refractivity contribution < 1.29 is 19.2 Å². The monoisotopic (exact) mass is 426 g/mol. The predicted molar refractivity (Wildman–Crippen MR) is 111 cm³/mol. The Labute approximate surface area is 175 Å². The maximum atomic E-state index is 12.9. The number of nitro benzene ring substituents is 1. The second-order valence-electron chi connectivity index (χ2n) is 7.08. The molecule has 3 heterocycles. The molecule has 5 rings (SSSR count). The number of thiazole rings is 1. The number of nitro groups is 1. The number of amides is 1. The third kappa shape index (κ3) is 3.39. The molecule has 0 aliphatic carbocycles. The molecule has 1 aromatic heterocycles. The highest BCUT2D eigenvalue weighted by Crippen LogP contribution is 2.33. The maximum absolute atomic E-state index is 12.9. The van der Waals surface area contributed by atoms with Gasteiger partial charge in [0, 0.05) is 38.3 Å². The molecule has 3 aromatic rings. The van der Waals surface area contributed by atoms with Crippen molar-refractivity contribution in [3.05, 3.63) is 52.6 Å². The maximum Gasteiger partial charge on any atom is 0.270 e. The molecule has 2 aliphatic heterocycles. The van der Waals surface area contributed by atoms with Crippen molar-refractivity contribution in [3.63, 3.8) is 0 Å². The van der Waals surface area contributed by atoms with Gasteiger partial charge in [0.2, 0.25) is 6.10 Å². The fraction of sp³-hybridized carbons (Fsp3) is 0.300. The summed E-state index contributed by atoms with van der Waals surface area (Å²) >= 11 is 1.43. The smallest absolute Gasteiger partial charge is 0.270 e. The molecule has 2 aromatic carbocycles. The quantitative estimate of drug-likeness (QED) is 0.469. The van der Waals surface area contributed by atoms with Crippen molar-refractivity contribution in [2.24, 2.45) is 0 Å². The van der Waals surface area contributed by atoms with Gasteiger partial charge in [0.25, 0.3) is 11.6 Å². The first kappa shape index (κ1) is 18.6. The Morgan fingerprint density at radius 1 is 1.13 bits per heavy atom. The number of benzene rings is 2. The Kier molecular flexibility index (Phi) is 4.62. The highest BCUT2D eigenvalue weighted by molar-refractivity contribution is 7.22. The molecule has 1 saturated heterocycles. The molecule has 0 saturated carbocycles. The van der Waals surface area contributed by atoms with Gasteiger partial charge in [0.1, 0.15) is 6.61 Å². The van der Waals surface area contributed by atoms with Crippen LogP contribution >= 0.6 is 11.3 Å². The molecule has 0 N–H and O–H groups in total. The second-order valence-corrected chi connectivity index (χ2v) is 8.09. The van der Waals surface area contributed by atoms with Crippen LogP contribution in [0.4, 0.5) is 10.8 Å². The number of hydrogen-bond acceptors (Lipinski definition) is 8. The van der Waals surface area contributed by atoms with E-state index in [4.69, 9.17) is 9.47 Å². The third-order valence-corrected chi connectivity index (χ3v) is 6.30. The number of piperazine rings is 1. The minimum absolute atomic E-state index is 0.0596. The average molecular weight is 426 g/mol. The van der Waals surface area contributed by atoms with Gasteiger partial charge in [-0.3, -0.25) is 14.9 Å². The molecule has 0 bridgehead atoms. The van der Waals surface area contributed by atoms with Crippen molar-refractivity contribution in [3.8, 4) is 11.5 Å². The number of para-hydroxylation sites is 2. The van der Waals surface area contributed by atoms with Gasteiger partial charge < -0.3 is 19.3 Å². The van der Waals surface area contributed by atoms with Crippen LogP contribution in [0.5, 0.6) is 11.5 Å². The van der Waals surface area contributed by atoms with E-state index in [2.05, 4.69) is 9.88 Å². The van der Waals surface area contributed by atoms with Crippen molar-refractivity contribution in [2.75, 3.05) is 37.7 Å². The molecule has 1 amide bonds. The van der Waals surface area contributed by atoms with Gasteiger partial charge in [0.05, 0.1) is 15.1 Å².